The first-order chi connectivity index (χ1) is 34.8. The standard InChI is InChI=1S/C53H90N10O12/c1-16-30(11)42(51(72)56-33(14)45(66)60-40(53(74)75)24-28(7)8)63-49(70)38(23-27(5)6)58-48(69)39(25-35-18-20-36(64)21-19-35)59-50(71)41(29(9)10)61-52(73)43(31(12)17-2)62-46(67)34(15)55-47(68)37(22-26(3)4)57-44(65)32(13)54/h18-21,26-34,37-43,64H,16-17,22-25,54H2,1-15H3,(H,55,68)(H,56,72)(H,57,65)(H,58,69)(H,59,71)(H,60,66)(H,61,73)(H,62,67)(H,63,70)(H,74,75)/t30-,31-,32-,33-,34-,37-,38-,39-,40-,41-,42-,43-/m0/s1. The summed E-state index contributed by atoms with van der Waals surface area (Å²) < 4.78 is 0. The number of carbonyl (C=O) groups excluding carboxylic acids is 9. The molecule has 22 heteroatoms. The Balaban J connectivity index is 3.49. The van der Waals surface area contributed by atoms with Crippen LogP contribution in [0.3, 0.4) is 0 Å². The van der Waals surface area contributed by atoms with Gasteiger partial charge in [0.05, 0.1) is 6.04 Å². The summed E-state index contributed by atoms with van der Waals surface area (Å²) in [5, 5.41) is 43.6. The van der Waals surface area contributed by atoms with Crippen LogP contribution >= 0.6 is 0 Å². The summed E-state index contributed by atoms with van der Waals surface area (Å²) in [6, 6.07) is -5.72. The van der Waals surface area contributed by atoms with Crippen molar-refractivity contribution in [3.8, 4) is 5.75 Å². The summed E-state index contributed by atoms with van der Waals surface area (Å²) in [6.07, 6.45) is 1.23. The molecule has 424 valence electrons. The molecular weight excluding hydrogens is 969 g/mol. The number of hydrogen-bond donors (Lipinski definition) is 12. The Morgan fingerprint density at radius 3 is 1.19 bits per heavy atom. The van der Waals surface area contributed by atoms with E-state index in [9.17, 15) is 58.2 Å². The Kier molecular flexibility index (Phi) is 28.6. The maximum Gasteiger partial charge on any atom is 0.326 e. The van der Waals surface area contributed by atoms with Crippen LogP contribution in [0.5, 0.6) is 5.75 Å². The molecule has 75 heavy (non-hydrogen) atoms. The first kappa shape index (κ1) is 66.7. The van der Waals surface area contributed by atoms with Gasteiger partial charge in [0.15, 0.2) is 0 Å². The molecule has 0 aromatic heterocycles. The number of nitrogens with one attached hydrogen (secondary N) is 9. The SMILES string of the molecule is CC[C@H](C)[C@H](NC(=O)[C@H](C)NC(=O)[C@H](CC(C)C)NC(=O)[C@H](C)N)C(=O)N[C@H](C(=O)N[C@@H](Cc1ccc(O)cc1)C(=O)N[C@@H](CC(C)C)C(=O)N[C@H](C(=O)N[C@@H](C)C(=O)N[C@@H](CC(C)C)C(=O)O)[C@@H](C)CC)C(C)C. The van der Waals surface area contributed by atoms with Gasteiger partial charge in [-0.25, -0.2) is 4.79 Å². The van der Waals surface area contributed by atoms with Crippen LogP contribution < -0.4 is 53.6 Å². The van der Waals surface area contributed by atoms with Crippen molar-refractivity contribution in [2.24, 2.45) is 41.2 Å². The molecule has 0 radical (unpaired) electrons. The van der Waals surface area contributed by atoms with Gasteiger partial charge in [-0.3, -0.25) is 43.2 Å². The second-order valence-electron chi connectivity index (χ2n) is 21.6. The van der Waals surface area contributed by atoms with E-state index >= 15 is 0 Å². The number of phenols is 1. The minimum absolute atomic E-state index is 0.000420. The Morgan fingerprint density at radius 1 is 0.427 bits per heavy atom. The van der Waals surface area contributed by atoms with Crippen LogP contribution in [0, 0.1) is 35.5 Å². The number of aliphatic carboxylic acids is 1. The van der Waals surface area contributed by atoms with Crippen LogP contribution in [0.15, 0.2) is 24.3 Å². The Labute approximate surface area is 443 Å². The third kappa shape index (κ3) is 23.4. The topological polar surface area (TPSA) is 345 Å². The van der Waals surface area contributed by atoms with Gasteiger partial charge in [0, 0.05) is 6.42 Å². The van der Waals surface area contributed by atoms with Crippen LogP contribution in [0.25, 0.3) is 0 Å². The first-order valence-corrected chi connectivity index (χ1v) is 26.3. The van der Waals surface area contributed by atoms with Gasteiger partial charge in [0.1, 0.15) is 60.1 Å². The second-order valence-corrected chi connectivity index (χ2v) is 21.6. The van der Waals surface area contributed by atoms with Crippen molar-refractivity contribution in [1.82, 2.24) is 47.9 Å². The average Bonchev–Trinajstić information content (AvgIpc) is 3.32. The lowest BCUT2D eigenvalue weighted by Gasteiger charge is -2.31. The summed E-state index contributed by atoms with van der Waals surface area (Å²) in [4.78, 5) is 135. The van der Waals surface area contributed by atoms with Crippen molar-refractivity contribution < 1.29 is 58.2 Å². The third-order valence-corrected chi connectivity index (χ3v) is 12.8. The van der Waals surface area contributed by atoms with Gasteiger partial charge in [-0.2, -0.15) is 0 Å². The van der Waals surface area contributed by atoms with Crippen molar-refractivity contribution in [3.63, 3.8) is 0 Å². The van der Waals surface area contributed by atoms with Gasteiger partial charge >= 0.3 is 5.97 Å². The van der Waals surface area contributed by atoms with E-state index in [0.717, 1.165) is 0 Å². The molecule has 1 aromatic rings. The molecule has 0 aliphatic rings. The molecule has 9 amide bonds. The number of phenolic OH excluding ortho intramolecular Hbond substituents is 1. The number of nitrogens with two attached hydrogens (primary N) is 1. The fourth-order valence-corrected chi connectivity index (χ4v) is 7.77. The van der Waals surface area contributed by atoms with E-state index in [1.54, 1.807) is 46.8 Å². The smallest absolute Gasteiger partial charge is 0.326 e. The molecule has 0 spiro atoms. The molecule has 1 aromatic carbocycles. The number of rotatable bonds is 32. The Bertz CT molecular complexity index is 2080. The zero-order chi connectivity index (χ0) is 57.6. The zero-order valence-corrected chi connectivity index (χ0v) is 46.8. The average molecular weight is 1060 g/mol. The highest BCUT2D eigenvalue weighted by Crippen LogP contribution is 2.16. The zero-order valence-electron chi connectivity index (χ0n) is 46.8. The normalized spacial score (nSPS) is 16.3. The molecule has 0 unspecified atom stereocenters. The van der Waals surface area contributed by atoms with Crippen molar-refractivity contribution in [2.75, 3.05) is 0 Å². The molecule has 0 aliphatic carbocycles. The molecule has 0 bridgehead atoms. The highest BCUT2D eigenvalue weighted by Gasteiger charge is 2.37. The fourth-order valence-electron chi connectivity index (χ4n) is 7.77. The number of carbonyl (C=O) groups is 10. The van der Waals surface area contributed by atoms with Crippen LogP contribution in [0.4, 0.5) is 0 Å². The van der Waals surface area contributed by atoms with E-state index < -0.39 is 137 Å². The van der Waals surface area contributed by atoms with Gasteiger partial charge in [-0.15, -0.1) is 0 Å². The van der Waals surface area contributed by atoms with Crippen molar-refractivity contribution in [1.29, 1.82) is 0 Å². The molecule has 0 aliphatic heterocycles. The van der Waals surface area contributed by atoms with E-state index in [0.29, 0.717) is 18.4 Å². The molecule has 13 N–H and O–H groups in total. The van der Waals surface area contributed by atoms with E-state index in [1.165, 1.54) is 32.9 Å². The maximum absolute atomic E-state index is 14.5. The number of aromatic hydroxyl groups is 1. The highest BCUT2D eigenvalue weighted by atomic mass is 16.4. The van der Waals surface area contributed by atoms with Crippen molar-refractivity contribution in [3.05, 3.63) is 29.8 Å². The number of benzene rings is 1. The quantitative estimate of drug-likeness (QED) is 0.0489. The van der Waals surface area contributed by atoms with Crippen LogP contribution in [0.2, 0.25) is 0 Å². The van der Waals surface area contributed by atoms with Crippen LogP contribution in [-0.4, -0.2) is 130 Å². The van der Waals surface area contributed by atoms with Gasteiger partial charge in [-0.1, -0.05) is 108 Å². The van der Waals surface area contributed by atoms with E-state index in [2.05, 4.69) is 47.9 Å². The minimum Gasteiger partial charge on any atom is -0.508 e. The van der Waals surface area contributed by atoms with Gasteiger partial charge in [0.25, 0.3) is 0 Å². The number of hydrogen-bond acceptors (Lipinski definition) is 12. The van der Waals surface area contributed by atoms with Gasteiger partial charge in [0.2, 0.25) is 53.2 Å². The number of carboxylic acid groups (broad SMARTS) is 1. The molecule has 1 rings (SSSR count). The summed E-state index contributed by atoms with van der Waals surface area (Å²) in [7, 11) is 0. The number of carboxylic acids is 1. The molecule has 0 saturated heterocycles. The lowest BCUT2D eigenvalue weighted by molar-refractivity contribution is -0.142. The first-order valence-electron chi connectivity index (χ1n) is 26.3. The Morgan fingerprint density at radius 2 is 0.760 bits per heavy atom. The number of amides is 9. The third-order valence-electron chi connectivity index (χ3n) is 12.8. The fraction of sp³-hybridized carbons (Fsp3) is 0.698. The minimum atomic E-state index is -1.37. The summed E-state index contributed by atoms with van der Waals surface area (Å²) in [5.74, 6) is -9.31. The van der Waals surface area contributed by atoms with Crippen molar-refractivity contribution in [2.45, 2.75) is 203 Å². The molecule has 22 nitrogen and oxygen atoms in total. The van der Waals surface area contributed by atoms with E-state index in [4.69, 9.17) is 5.73 Å². The summed E-state index contributed by atoms with van der Waals surface area (Å²) in [6.45, 7) is 25.7. The highest BCUT2D eigenvalue weighted by molar-refractivity contribution is 5.98. The van der Waals surface area contributed by atoms with Crippen LogP contribution in [-0.2, 0) is 54.4 Å². The van der Waals surface area contributed by atoms with Crippen molar-refractivity contribution >= 4 is 59.1 Å². The predicted octanol–water partition coefficient (Wildman–Crippen LogP) is 1.66. The Hall–Kier alpha value is -6.32. The maximum atomic E-state index is 14.5. The molecular formula is C53H90N10O12. The summed E-state index contributed by atoms with van der Waals surface area (Å²) in [5.41, 5.74) is 6.22. The van der Waals surface area contributed by atoms with Gasteiger partial charge < -0.3 is 63.8 Å². The molecule has 0 heterocycles. The second kappa shape index (κ2) is 32.2. The lowest BCUT2D eigenvalue weighted by atomic mass is 9.95. The van der Waals surface area contributed by atoms with Gasteiger partial charge in [-0.05, 0) is 93.2 Å². The molecule has 12 atom stereocenters. The van der Waals surface area contributed by atoms with Crippen LogP contribution in [0.1, 0.15) is 142 Å². The summed E-state index contributed by atoms with van der Waals surface area (Å²) >= 11 is 0. The van der Waals surface area contributed by atoms with E-state index in [1.807, 2.05) is 48.5 Å². The lowest BCUT2D eigenvalue weighted by Crippen LogP contribution is -2.62. The largest absolute Gasteiger partial charge is 0.508 e. The predicted molar refractivity (Wildman–Crippen MR) is 284 cm³/mol. The molecule has 0 fully saturated rings. The molecule has 0 saturated carbocycles. The van der Waals surface area contributed by atoms with E-state index in [-0.39, 0.29) is 49.2 Å². The monoisotopic (exact) mass is 1060 g/mol.